The number of benzene rings is 1. The minimum absolute atomic E-state index is 0.0752. The lowest BCUT2D eigenvalue weighted by atomic mass is 10.1. The van der Waals surface area contributed by atoms with Gasteiger partial charge in [0.2, 0.25) is 5.91 Å². The average Bonchev–Trinajstić information content (AvgIpc) is 2.29. The number of carbonyl (C=O) groups is 1. The summed E-state index contributed by atoms with van der Waals surface area (Å²) >= 11 is 0. The molecule has 0 aliphatic carbocycles. The Balaban J connectivity index is 2.73. The Kier molecular flexibility index (Phi) is 4.88. The number of aliphatic imine (C=N–C) groups is 1. The largest absolute Gasteiger partial charge is 0.326 e. The van der Waals surface area contributed by atoms with Crippen LogP contribution < -0.4 is 5.32 Å². The SMILES string of the molecule is C=C(/C=C\N=CC)c1ccc(NC(C)=O)cc1. The van der Waals surface area contributed by atoms with Crippen LogP contribution >= 0.6 is 0 Å². The van der Waals surface area contributed by atoms with Crippen LogP contribution in [0, 0.1) is 0 Å². The average molecular weight is 228 g/mol. The number of allylic oxidation sites excluding steroid dienone is 2. The number of nitrogens with zero attached hydrogens (tertiary/aromatic N) is 1. The molecule has 0 aliphatic rings. The molecule has 0 spiro atoms. The van der Waals surface area contributed by atoms with E-state index >= 15 is 0 Å². The number of carbonyl (C=O) groups excluding carboxylic acids is 1. The Morgan fingerprint density at radius 2 is 2.00 bits per heavy atom. The molecule has 3 nitrogen and oxygen atoms in total. The number of nitrogens with one attached hydrogen (secondary N) is 1. The molecule has 0 heterocycles. The highest BCUT2D eigenvalue weighted by molar-refractivity contribution is 5.89. The van der Waals surface area contributed by atoms with Gasteiger partial charge in [-0.15, -0.1) is 0 Å². The topological polar surface area (TPSA) is 41.5 Å². The maximum absolute atomic E-state index is 10.9. The molecule has 17 heavy (non-hydrogen) atoms. The van der Waals surface area contributed by atoms with Crippen LogP contribution in [0.4, 0.5) is 5.69 Å². The third-order valence-corrected chi connectivity index (χ3v) is 2.09. The minimum atomic E-state index is -0.0752. The molecule has 0 atom stereocenters. The molecule has 0 radical (unpaired) electrons. The number of anilines is 1. The van der Waals surface area contributed by atoms with E-state index in [0.29, 0.717) is 0 Å². The predicted molar refractivity (Wildman–Crippen MR) is 73.1 cm³/mol. The highest BCUT2D eigenvalue weighted by Crippen LogP contribution is 2.17. The molecule has 0 aromatic heterocycles. The van der Waals surface area contributed by atoms with Crippen molar-refractivity contribution in [2.75, 3.05) is 5.32 Å². The van der Waals surface area contributed by atoms with E-state index in [0.717, 1.165) is 16.8 Å². The van der Waals surface area contributed by atoms with Crippen LogP contribution in [0.2, 0.25) is 0 Å². The first kappa shape index (κ1) is 12.9. The van der Waals surface area contributed by atoms with Crippen LogP contribution in [0.25, 0.3) is 5.57 Å². The number of hydrogen-bond donors (Lipinski definition) is 1. The minimum Gasteiger partial charge on any atom is -0.326 e. The predicted octanol–water partition coefficient (Wildman–Crippen LogP) is 3.26. The Morgan fingerprint density at radius 1 is 1.35 bits per heavy atom. The lowest BCUT2D eigenvalue weighted by molar-refractivity contribution is -0.114. The van der Waals surface area contributed by atoms with E-state index in [2.05, 4.69) is 16.9 Å². The van der Waals surface area contributed by atoms with Crippen molar-refractivity contribution in [3.63, 3.8) is 0 Å². The molecule has 88 valence electrons. The first-order chi connectivity index (χ1) is 8.13. The van der Waals surface area contributed by atoms with Crippen LogP contribution in [-0.2, 0) is 4.79 Å². The molecule has 1 aromatic carbocycles. The van der Waals surface area contributed by atoms with Gasteiger partial charge in [-0.25, -0.2) is 0 Å². The molecule has 1 aromatic rings. The lowest BCUT2D eigenvalue weighted by Crippen LogP contribution is -2.05. The van der Waals surface area contributed by atoms with Crippen molar-refractivity contribution in [3.8, 4) is 0 Å². The summed E-state index contributed by atoms with van der Waals surface area (Å²) in [6.07, 6.45) is 5.25. The smallest absolute Gasteiger partial charge is 0.221 e. The van der Waals surface area contributed by atoms with E-state index in [1.807, 2.05) is 37.3 Å². The van der Waals surface area contributed by atoms with E-state index in [-0.39, 0.29) is 5.91 Å². The first-order valence-corrected chi connectivity index (χ1v) is 5.34. The van der Waals surface area contributed by atoms with Gasteiger partial charge in [-0.3, -0.25) is 9.79 Å². The third-order valence-electron chi connectivity index (χ3n) is 2.09. The quantitative estimate of drug-likeness (QED) is 0.623. The lowest BCUT2D eigenvalue weighted by Gasteiger charge is -2.04. The summed E-state index contributed by atoms with van der Waals surface area (Å²) in [5.41, 5.74) is 2.66. The van der Waals surface area contributed by atoms with Gasteiger partial charge in [0.05, 0.1) is 0 Å². The molecule has 0 aliphatic heterocycles. The van der Waals surface area contributed by atoms with Crippen molar-refractivity contribution < 1.29 is 4.79 Å². The summed E-state index contributed by atoms with van der Waals surface area (Å²) < 4.78 is 0. The summed E-state index contributed by atoms with van der Waals surface area (Å²) in [4.78, 5) is 14.8. The second kappa shape index (κ2) is 6.43. The van der Waals surface area contributed by atoms with Crippen molar-refractivity contribution in [1.82, 2.24) is 0 Å². The van der Waals surface area contributed by atoms with Gasteiger partial charge in [-0.2, -0.15) is 0 Å². The van der Waals surface area contributed by atoms with Gasteiger partial charge >= 0.3 is 0 Å². The van der Waals surface area contributed by atoms with Crippen LogP contribution in [-0.4, -0.2) is 12.1 Å². The summed E-state index contributed by atoms with van der Waals surface area (Å²) in [5, 5.41) is 2.71. The van der Waals surface area contributed by atoms with Crippen LogP contribution in [0.15, 0.2) is 48.1 Å². The van der Waals surface area contributed by atoms with Crippen LogP contribution in [0.5, 0.6) is 0 Å². The van der Waals surface area contributed by atoms with E-state index in [9.17, 15) is 4.79 Å². The van der Waals surface area contributed by atoms with Crippen molar-refractivity contribution in [3.05, 3.63) is 48.7 Å². The van der Waals surface area contributed by atoms with E-state index in [1.54, 1.807) is 12.4 Å². The van der Waals surface area contributed by atoms with Gasteiger partial charge in [0, 0.05) is 25.0 Å². The van der Waals surface area contributed by atoms with E-state index < -0.39 is 0 Å². The standard InChI is InChI=1S/C14H16N2O/c1-4-15-10-9-11(2)13-5-7-14(8-6-13)16-12(3)17/h4-10H,2H2,1,3H3,(H,16,17)/b10-9-,15-4?. The molecular weight excluding hydrogens is 212 g/mol. The maximum Gasteiger partial charge on any atom is 0.221 e. The Hall–Kier alpha value is -2.16. The zero-order valence-electron chi connectivity index (χ0n) is 10.1. The molecule has 0 fully saturated rings. The highest BCUT2D eigenvalue weighted by atomic mass is 16.1. The Labute approximate surface area is 102 Å². The highest BCUT2D eigenvalue weighted by Gasteiger charge is 1.97. The van der Waals surface area contributed by atoms with Crippen molar-refractivity contribution in [2.45, 2.75) is 13.8 Å². The van der Waals surface area contributed by atoms with Crippen LogP contribution in [0.1, 0.15) is 19.4 Å². The van der Waals surface area contributed by atoms with Crippen molar-refractivity contribution in [1.29, 1.82) is 0 Å². The first-order valence-electron chi connectivity index (χ1n) is 5.34. The monoisotopic (exact) mass is 228 g/mol. The normalized spacial score (nSPS) is 10.9. The number of hydrogen-bond acceptors (Lipinski definition) is 2. The molecule has 3 heteroatoms. The fourth-order valence-corrected chi connectivity index (χ4v) is 1.29. The van der Waals surface area contributed by atoms with Crippen molar-refractivity contribution in [2.24, 2.45) is 4.99 Å². The second-order valence-electron chi connectivity index (χ2n) is 3.51. The van der Waals surface area contributed by atoms with Gasteiger partial charge in [0.15, 0.2) is 0 Å². The molecule has 1 amide bonds. The summed E-state index contributed by atoms with van der Waals surface area (Å²) in [5.74, 6) is -0.0752. The second-order valence-corrected chi connectivity index (χ2v) is 3.51. The van der Waals surface area contributed by atoms with Gasteiger partial charge in [-0.05, 0) is 36.3 Å². The summed E-state index contributed by atoms with van der Waals surface area (Å²) in [6.45, 7) is 7.28. The van der Waals surface area contributed by atoms with E-state index in [1.165, 1.54) is 6.92 Å². The number of amides is 1. The molecule has 0 bridgehead atoms. The molecule has 0 saturated carbocycles. The van der Waals surface area contributed by atoms with E-state index in [4.69, 9.17) is 0 Å². The van der Waals surface area contributed by atoms with Gasteiger partial charge in [0.25, 0.3) is 0 Å². The molecule has 0 unspecified atom stereocenters. The van der Waals surface area contributed by atoms with Crippen LogP contribution in [0.3, 0.4) is 0 Å². The molecule has 1 rings (SSSR count). The Morgan fingerprint density at radius 3 is 2.53 bits per heavy atom. The molecule has 1 N–H and O–H groups in total. The third kappa shape index (κ3) is 4.47. The fourth-order valence-electron chi connectivity index (χ4n) is 1.29. The summed E-state index contributed by atoms with van der Waals surface area (Å²) in [7, 11) is 0. The van der Waals surface area contributed by atoms with Gasteiger partial charge < -0.3 is 5.32 Å². The number of rotatable bonds is 4. The summed E-state index contributed by atoms with van der Waals surface area (Å²) in [6, 6.07) is 7.51. The maximum atomic E-state index is 10.9. The molecular formula is C14H16N2O. The molecule has 0 saturated heterocycles. The Bertz CT molecular complexity index is 456. The zero-order valence-corrected chi connectivity index (χ0v) is 10.1. The van der Waals surface area contributed by atoms with Gasteiger partial charge in [0.1, 0.15) is 0 Å². The fraction of sp³-hybridized carbons (Fsp3) is 0.143. The zero-order chi connectivity index (χ0) is 12.7. The van der Waals surface area contributed by atoms with Crippen molar-refractivity contribution >= 4 is 23.4 Å². The van der Waals surface area contributed by atoms with Gasteiger partial charge in [-0.1, -0.05) is 18.7 Å².